The number of aliphatic hydroxyl groups excluding tert-OH is 1. The maximum absolute atomic E-state index is 10.8. The molecule has 0 bridgehead atoms. The maximum Gasteiger partial charge on any atom is 0.309 e. The summed E-state index contributed by atoms with van der Waals surface area (Å²) in [6.07, 6.45) is 2.55. The zero-order chi connectivity index (χ0) is 13.2. The Morgan fingerprint density at radius 1 is 1.39 bits per heavy atom. The maximum atomic E-state index is 10.8. The molecule has 0 fully saturated rings. The summed E-state index contributed by atoms with van der Waals surface area (Å²) in [5.74, 6) is -0.330. The van der Waals surface area contributed by atoms with Gasteiger partial charge in [0.05, 0.1) is 32.8 Å². The number of benzene rings is 1. The van der Waals surface area contributed by atoms with E-state index >= 15 is 0 Å². The van der Waals surface area contributed by atoms with Gasteiger partial charge in [0.15, 0.2) is 0 Å². The molecule has 1 atom stereocenters. The van der Waals surface area contributed by atoms with Gasteiger partial charge in [-0.05, 0) is 5.56 Å². The van der Waals surface area contributed by atoms with Gasteiger partial charge in [-0.1, -0.05) is 42.5 Å². The van der Waals surface area contributed by atoms with Gasteiger partial charge in [0, 0.05) is 0 Å². The molecule has 1 N–H and O–H groups in total. The Hall–Kier alpha value is -1.65. The van der Waals surface area contributed by atoms with E-state index in [0.29, 0.717) is 6.61 Å². The zero-order valence-electron chi connectivity index (χ0n) is 10.4. The number of hydrogen-bond donors (Lipinski definition) is 1. The SMILES string of the molecule is COC(=O)C/C=C/[C@@H](O)COCc1ccccc1. The van der Waals surface area contributed by atoms with Crippen molar-refractivity contribution in [3.63, 3.8) is 0 Å². The van der Waals surface area contributed by atoms with Crippen molar-refractivity contribution < 1.29 is 19.4 Å². The molecule has 0 aliphatic rings. The number of esters is 1. The van der Waals surface area contributed by atoms with Crippen LogP contribution in [0.2, 0.25) is 0 Å². The van der Waals surface area contributed by atoms with E-state index < -0.39 is 6.10 Å². The van der Waals surface area contributed by atoms with Crippen LogP contribution in [0.15, 0.2) is 42.5 Å². The van der Waals surface area contributed by atoms with Crippen molar-refractivity contribution >= 4 is 5.97 Å². The van der Waals surface area contributed by atoms with Gasteiger partial charge >= 0.3 is 5.97 Å². The van der Waals surface area contributed by atoms with Gasteiger partial charge in [0.25, 0.3) is 0 Å². The van der Waals surface area contributed by atoms with Crippen LogP contribution in [0.5, 0.6) is 0 Å². The fourth-order valence-corrected chi connectivity index (χ4v) is 1.33. The van der Waals surface area contributed by atoms with Crippen molar-refractivity contribution in [2.45, 2.75) is 19.1 Å². The minimum atomic E-state index is -0.710. The first-order valence-electron chi connectivity index (χ1n) is 5.75. The Kier molecular flexibility index (Phi) is 6.76. The quantitative estimate of drug-likeness (QED) is 0.591. The van der Waals surface area contributed by atoms with Crippen LogP contribution in [0.4, 0.5) is 0 Å². The molecule has 4 nitrogen and oxygen atoms in total. The molecule has 98 valence electrons. The molecule has 0 unspecified atom stereocenters. The Bertz CT molecular complexity index is 373. The predicted molar refractivity (Wildman–Crippen MR) is 67.9 cm³/mol. The van der Waals surface area contributed by atoms with Crippen molar-refractivity contribution in [2.75, 3.05) is 13.7 Å². The van der Waals surface area contributed by atoms with Gasteiger partial charge in [-0.25, -0.2) is 0 Å². The van der Waals surface area contributed by atoms with Gasteiger partial charge in [-0.3, -0.25) is 4.79 Å². The summed E-state index contributed by atoms with van der Waals surface area (Å²) in [5.41, 5.74) is 1.06. The third kappa shape index (κ3) is 6.18. The van der Waals surface area contributed by atoms with E-state index in [1.807, 2.05) is 30.3 Å². The molecule has 0 aromatic heterocycles. The Labute approximate surface area is 107 Å². The second-order valence-corrected chi connectivity index (χ2v) is 3.78. The lowest BCUT2D eigenvalue weighted by Gasteiger charge is -2.07. The zero-order valence-corrected chi connectivity index (χ0v) is 10.4. The summed E-state index contributed by atoms with van der Waals surface area (Å²) in [4.78, 5) is 10.8. The first-order chi connectivity index (χ1) is 8.72. The summed E-state index contributed by atoms with van der Waals surface area (Å²) in [5, 5.41) is 9.55. The van der Waals surface area contributed by atoms with Crippen molar-refractivity contribution in [3.05, 3.63) is 48.0 Å². The molecular formula is C14H18O4. The fourth-order valence-electron chi connectivity index (χ4n) is 1.33. The van der Waals surface area contributed by atoms with Crippen molar-refractivity contribution in [2.24, 2.45) is 0 Å². The molecule has 0 aliphatic heterocycles. The van der Waals surface area contributed by atoms with Crippen LogP contribution >= 0.6 is 0 Å². The van der Waals surface area contributed by atoms with Crippen LogP contribution in [0.1, 0.15) is 12.0 Å². The van der Waals surface area contributed by atoms with Crippen LogP contribution in [-0.2, 0) is 20.9 Å². The first kappa shape index (κ1) is 14.4. The summed E-state index contributed by atoms with van der Waals surface area (Å²) in [6, 6.07) is 9.73. The summed E-state index contributed by atoms with van der Waals surface area (Å²) >= 11 is 0. The van der Waals surface area contributed by atoms with Crippen LogP contribution in [0.25, 0.3) is 0 Å². The van der Waals surface area contributed by atoms with E-state index in [0.717, 1.165) is 5.56 Å². The molecule has 1 rings (SSSR count). The predicted octanol–water partition coefficient (Wildman–Crippen LogP) is 1.68. The number of aliphatic hydroxyl groups is 1. The monoisotopic (exact) mass is 250 g/mol. The van der Waals surface area contributed by atoms with E-state index in [1.165, 1.54) is 13.2 Å². The highest BCUT2D eigenvalue weighted by atomic mass is 16.5. The minimum absolute atomic E-state index is 0.159. The average molecular weight is 250 g/mol. The number of carbonyl (C=O) groups is 1. The van der Waals surface area contributed by atoms with E-state index in [4.69, 9.17) is 4.74 Å². The first-order valence-corrected chi connectivity index (χ1v) is 5.75. The number of methoxy groups -OCH3 is 1. The molecule has 18 heavy (non-hydrogen) atoms. The van der Waals surface area contributed by atoms with Crippen molar-refractivity contribution in [3.8, 4) is 0 Å². The lowest BCUT2D eigenvalue weighted by atomic mass is 10.2. The smallest absolute Gasteiger partial charge is 0.309 e. The van der Waals surface area contributed by atoms with Crippen molar-refractivity contribution in [1.82, 2.24) is 0 Å². The molecule has 0 heterocycles. The number of rotatable bonds is 7. The summed E-state index contributed by atoms with van der Waals surface area (Å²) in [7, 11) is 1.33. The number of hydrogen-bond acceptors (Lipinski definition) is 4. The standard InChI is InChI=1S/C14H18O4/c1-17-14(16)9-5-8-13(15)11-18-10-12-6-3-2-4-7-12/h2-8,13,15H,9-11H2,1H3/b8-5+/t13-/m1/s1. The molecule has 0 amide bonds. The third-order valence-corrected chi connectivity index (χ3v) is 2.27. The highest BCUT2D eigenvalue weighted by Crippen LogP contribution is 2.01. The summed E-state index contributed by atoms with van der Waals surface area (Å²) in [6.45, 7) is 0.662. The molecular weight excluding hydrogens is 232 g/mol. The van der Waals surface area contributed by atoms with Gasteiger partial charge in [0.2, 0.25) is 0 Å². The van der Waals surface area contributed by atoms with Crippen LogP contribution in [0.3, 0.4) is 0 Å². The summed E-state index contributed by atoms with van der Waals surface area (Å²) < 4.78 is 9.82. The van der Waals surface area contributed by atoms with E-state index in [2.05, 4.69) is 4.74 Å². The molecule has 4 heteroatoms. The molecule has 0 radical (unpaired) electrons. The van der Waals surface area contributed by atoms with Gasteiger partial charge in [-0.2, -0.15) is 0 Å². The van der Waals surface area contributed by atoms with E-state index in [1.54, 1.807) is 6.08 Å². The van der Waals surface area contributed by atoms with Crippen molar-refractivity contribution in [1.29, 1.82) is 0 Å². The fraction of sp³-hybridized carbons (Fsp3) is 0.357. The van der Waals surface area contributed by atoms with Crippen LogP contribution < -0.4 is 0 Å². The highest BCUT2D eigenvalue weighted by Gasteiger charge is 2.01. The number of carbonyl (C=O) groups excluding carboxylic acids is 1. The average Bonchev–Trinajstić information content (AvgIpc) is 2.39. The lowest BCUT2D eigenvalue weighted by molar-refractivity contribution is -0.139. The van der Waals surface area contributed by atoms with Gasteiger partial charge in [0.1, 0.15) is 0 Å². The molecule has 0 aliphatic carbocycles. The molecule has 0 spiro atoms. The highest BCUT2D eigenvalue weighted by molar-refractivity contribution is 5.70. The normalized spacial score (nSPS) is 12.6. The molecule has 1 aromatic carbocycles. The molecule has 0 saturated carbocycles. The number of ether oxygens (including phenoxy) is 2. The Morgan fingerprint density at radius 2 is 2.11 bits per heavy atom. The minimum Gasteiger partial charge on any atom is -0.469 e. The Balaban J connectivity index is 2.17. The third-order valence-electron chi connectivity index (χ3n) is 2.27. The molecule has 0 saturated heterocycles. The second-order valence-electron chi connectivity index (χ2n) is 3.78. The van der Waals surface area contributed by atoms with Crippen LogP contribution in [0, 0.1) is 0 Å². The van der Waals surface area contributed by atoms with Gasteiger partial charge in [-0.15, -0.1) is 0 Å². The van der Waals surface area contributed by atoms with E-state index in [9.17, 15) is 9.90 Å². The largest absolute Gasteiger partial charge is 0.469 e. The van der Waals surface area contributed by atoms with Gasteiger partial charge < -0.3 is 14.6 Å². The van der Waals surface area contributed by atoms with Crippen LogP contribution in [-0.4, -0.2) is 30.9 Å². The topological polar surface area (TPSA) is 55.8 Å². The Morgan fingerprint density at radius 3 is 2.78 bits per heavy atom. The second kappa shape index (κ2) is 8.44. The molecule has 1 aromatic rings. The lowest BCUT2D eigenvalue weighted by Crippen LogP contribution is -2.12. The van der Waals surface area contributed by atoms with E-state index in [-0.39, 0.29) is 19.0 Å².